The Labute approximate surface area is 120 Å². The highest BCUT2D eigenvalue weighted by atomic mass is 16.4. The zero-order valence-electron chi connectivity index (χ0n) is 12.8. The van der Waals surface area contributed by atoms with Crippen LogP contribution in [0.25, 0.3) is 0 Å². The third-order valence-corrected chi connectivity index (χ3v) is 4.72. The second-order valence-electron chi connectivity index (χ2n) is 7.12. The number of carboxylic acids is 1. The van der Waals surface area contributed by atoms with Crippen LogP contribution < -0.4 is 0 Å². The van der Waals surface area contributed by atoms with Gasteiger partial charge in [-0.25, -0.2) is 9.59 Å². The minimum Gasteiger partial charge on any atom is -0.480 e. The maximum absolute atomic E-state index is 12.6. The molecule has 5 nitrogen and oxygen atoms in total. The van der Waals surface area contributed by atoms with Crippen molar-refractivity contribution in [2.24, 2.45) is 11.3 Å². The fraction of sp³-hybridized carbons (Fsp3) is 0.867. The highest BCUT2D eigenvalue weighted by Gasteiger charge is 2.39. The lowest BCUT2D eigenvalue weighted by atomic mass is 9.80. The van der Waals surface area contributed by atoms with Gasteiger partial charge >= 0.3 is 12.0 Å². The fourth-order valence-electron chi connectivity index (χ4n) is 3.24. The number of carbonyl (C=O) groups is 2. The van der Waals surface area contributed by atoms with Gasteiger partial charge in [-0.05, 0) is 37.0 Å². The number of carboxylic acid groups (broad SMARTS) is 1. The summed E-state index contributed by atoms with van der Waals surface area (Å²) in [5.74, 6) is -0.371. The third kappa shape index (κ3) is 3.07. The van der Waals surface area contributed by atoms with E-state index >= 15 is 0 Å². The SMILES string of the molecule is CC(C)(C)C1CCN(C(=O)N2CCCCC2C(=O)O)C1. The molecule has 5 heteroatoms. The fourth-order valence-corrected chi connectivity index (χ4v) is 3.24. The van der Waals surface area contributed by atoms with Crippen molar-refractivity contribution in [3.05, 3.63) is 0 Å². The van der Waals surface area contributed by atoms with Gasteiger partial charge in [0.2, 0.25) is 0 Å². The monoisotopic (exact) mass is 282 g/mol. The van der Waals surface area contributed by atoms with Crippen LogP contribution in [-0.4, -0.2) is 52.6 Å². The van der Waals surface area contributed by atoms with Crippen molar-refractivity contribution >= 4 is 12.0 Å². The van der Waals surface area contributed by atoms with Crippen molar-refractivity contribution < 1.29 is 14.7 Å². The lowest BCUT2D eigenvalue weighted by Crippen LogP contribution is -2.52. The molecule has 0 aromatic carbocycles. The Hall–Kier alpha value is -1.26. The minimum absolute atomic E-state index is 0.0798. The van der Waals surface area contributed by atoms with Crippen LogP contribution in [0.1, 0.15) is 46.5 Å². The molecule has 2 heterocycles. The lowest BCUT2D eigenvalue weighted by Gasteiger charge is -2.36. The average Bonchev–Trinajstić information content (AvgIpc) is 2.87. The minimum atomic E-state index is -0.871. The van der Waals surface area contributed by atoms with E-state index in [-0.39, 0.29) is 11.4 Å². The van der Waals surface area contributed by atoms with Crippen molar-refractivity contribution in [3.8, 4) is 0 Å². The van der Waals surface area contributed by atoms with Crippen LogP contribution in [0, 0.1) is 11.3 Å². The number of urea groups is 1. The first kappa shape index (κ1) is 15.1. The maximum Gasteiger partial charge on any atom is 0.326 e. The number of carbonyl (C=O) groups excluding carboxylic acids is 1. The first-order valence-corrected chi connectivity index (χ1v) is 7.59. The molecule has 20 heavy (non-hydrogen) atoms. The van der Waals surface area contributed by atoms with E-state index in [0.29, 0.717) is 18.9 Å². The van der Waals surface area contributed by atoms with E-state index in [1.54, 1.807) is 4.90 Å². The Morgan fingerprint density at radius 3 is 2.35 bits per heavy atom. The predicted molar refractivity (Wildman–Crippen MR) is 76.5 cm³/mol. The molecule has 2 aliphatic heterocycles. The highest BCUT2D eigenvalue weighted by Crippen LogP contribution is 2.34. The molecule has 0 saturated carbocycles. The number of rotatable bonds is 1. The molecule has 0 aliphatic carbocycles. The van der Waals surface area contributed by atoms with Crippen LogP contribution in [0.15, 0.2) is 0 Å². The molecule has 114 valence electrons. The first-order valence-electron chi connectivity index (χ1n) is 7.59. The van der Waals surface area contributed by atoms with Gasteiger partial charge in [-0.15, -0.1) is 0 Å². The van der Waals surface area contributed by atoms with Crippen molar-refractivity contribution in [2.45, 2.75) is 52.5 Å². The van der Waals surface area contributed by atoms with Crippen LogP contribution in [0.4, 0.5) is 4.79 Å². The lowest BCUT2D eigenvalue weighted by molar-refractivity contribution is -0.143. The van der Waals surface area contributed by atoms with Crippen molar-refractivity contribution in [3.63, 3.8) is 0 Å². The standard InChI is InChI=1S/C15H26N2O3/c1-15(2,3)11-7-9-16(10-11)14(20)17-8-5-4-6-12(17)13(18)19/h11-12H,4-10H2,1-3H3,(H,18,19). The highest BCUT2D eigenvalue weighted by molar-refractivity contribution is 5.83. The quantitative estimate of drug-likeness (QED) is 0.803. The third-order valence-electron chi connectivity index (χ3n) is 4.72. The molecule has 2 unspecified atom stereocenters. The summed E-state index contributed by atoms with van der Waals surface area (Å²) in [4.78, 5) is 27.3. The molecular formula is C15H26N2O3. The van der Waals surface area contributed by atoms with E-state index in [0.717, 1.165) is 32.4 Å². The van der Waals surface area contributed by atoms with Crippen molar-refractivity contribution in [1.82, 2.24) is 9.80 Å². The molecule has 2 fully saturated rings. The number of hydrogen-bond donors (Lipinski definition) is 1. The molecule has 0 aromatic rings. The van der Waals surface area contributed by atoms with Gasteiger partial charge in [0, 0.05) is 19.6 Å². The summed E-state index contributed by atoms with van der Waals surface area (Å²) in [7, 11) is 0. The van der Waals surface area contributed by atoms with Crippen LogP contribution in [0.5, 0.6) is 0 Å². The van der Waals surface area contributed by atoms with Gasteiger partial charge in [-0.2, -0.15) is 0 Å². The number of likely N-dealkylation sites (tertiary alicyclic amines) is 2. The molecule has 0 radical (unpaired) electrons. The Bertz CT molecular complexity index is 389. The number of amides is 2. The summed E-state index contributed by atoms with van der Waals surface area (Å²) in [5.41, 5.74) is 0.198. The van der Waals surface area contributed by atoms with Crippen molar-refractivity contribution in [2.75, 3.05) is 19.6 Å². The van der Waals surface area contributed by atoms with Gasteiger partial charge in [0.1, 0.15) is 6.04 Å². The number of hydrogen-bond acceptors (Lipinski definition) is 2. The number of nitrogens with zero attached hydrogens (tertiary/aromatic N) is 2. The summed E-state index contributed by atoms with van der Waals surface area (Å²) in [6, 6.07) is -0.714. The molecule has 2 saturated heterocycles. The van der Waals surface area contributed by atoms with Gasteiger partial charge in [0.25, 0.3) is 0 Å². The Morgan fingerprint density at radius 1 is 1.10 bits per heavy atom. The van der Waals surface area contributed by atoms with E-state index in [9.17, 15) is 14.7 Å². The summed E-state index contributed by atoms with van der Waals surface area (Å²) in [6.07, 6.45) is 3.40. The molecule has 2 atom stereocenters. The summed E-state index contributed by atoms with van der Waals surface area (Å²) in [6.45, 7) is 8.69. The summed E-state index contributed by atoms with van der Waals surface area (Å²) in [5, 5.41) is 9.27. The van der Waals surface area contributed by atoms with Gasteiger partial charge in [0.15, 0.2) is 0 Å². The number of piperidine rings is 1. The van der Waals surface area contributed by atoms with Crippen LogP contribution >= 0.6 is 0 Å². The van der Waals surface area contributed by atoms with E-state index in [1.807, 2.05) is 4.90 Å². The van der Waals surface area contributed by atoms with Gasteiger partial charge in [-0.1, -0.05) is 20.8 Å². The summed E-state index contributed by atoms with van der Waals surface area (Å²) < 4.78 is 0. The normalized spacial score (nSPS) is 27.8. The molecule has 0 aromatic heterocycles. The van der Waals surface area contributed by atoms with Gasteiger partial charge < -0.3 is 14.9 Å². The zero-order chi connectivity index (χ0) is 14.9. The van der Waals surface area contributed by atoms with E-state index in [2.05, 4.69) is 20.8 Å². The Balaban J connectivity index is 2.02. The zero-order valence-corrected chi connectivity index (χ0v) is 12.8. The average molecular weight is 282 g/mol. The Morgan fingerprint density at radius 2 is 1.80 bits per heavy atom. The van der Waals surface area contributed by atoms with Gasteiger partial charge in [0.05, 0.1) is 0 Å². The molecular weight excluding hydrogens is 256 g/mol. The first-order chi connectivity index (χ1) is 9.30. The summed E-state index contributed by atoms with van der Waals surface area (Å²) >= 11 is 0. The Kier molecular flexibility index (Phi) is 4.25. The van der Waals surface area contributed by atoms with Gasteiger partial charge in [-0.3, -0.25) is 0 Å². The second-order valence-corrected chi connectivity index (χ2v) is 7.12. The molecule has 0 spiro atoms. The topological polar surface area (TPSA) is 60.9 Å². The van der Waals surface area contributed by atoms with Crippen LogP contribution in [-0.2, 0) is 4.79 Å². The maximum atomic E-state index is 12.6. The number of aliphatic carboxylic acids is 1. The molecule has 2 rings (SSSR count). The molecule has 2 aliphatic rings. The molecule has 0 bridgehead atoms. The van der Waals surface area contributed by atoms with Crippen LogP contribution in [0.3, 0.4) is 0 Å². The second kappa shape index (κ2) is 5.62. The van der Waals surface area contributed by atoms with Crippen LogP contribution in [0.2, 0.25) is 0 Å². The molecule has 1 N–H and O–H groups in total. The smallest absolute Gasteiger partial charge is 0.326 e. The van der Waals surface area contributed by atoms with Crippen molar-refractivity contribution in [1.29, 1.82) is 0 Å². The molecule has 2 amide bonds. The predicted octanol–water partition coefficient (Wildman–Crippen LogP) is 2.41. The largest absolute Gasteiger partial charge is 0.480 e. The van der Waals surface area contributed by atoms with E-state index in [4.69, 9.17) is 0 Å². The van der Waals surface area contributed by atoms with E-state index in [1.165, 1.54) is 0 Å². The van der Waals surface area contributed by atoms with E-state index < -0.39 is 12.0 Å².